The predicted molar refractivity (Wildman–Crippen MR) is 119 cm³/mol. The topological polar surface area (TPSA) is 119 Å². The number of carbonyl (C=O) groups is 1. The number of piperidine rings is 1. The van der Waals surface area contributed by atoms with Gasteiger partial charge in [-0.2, -0.15) is 5.26 Å². The molecule has 0 spiro atoms. The summed E-state index contributed by atoms with van der Waals surface area (Å²) in [5.41, 5.74) is 3.00. The Labute approximate surface area is 182 Å². The molecule has 2 aromatic rings. The van der Waals surface area contributed by atoms with Gasteiger partial charge in [0.2, 0.25) is 0 Å². The van der Waals surface area contributed by atoms with E-state index in [2.05, 4.69) is 33.2 Å². The maximum atomic E-state index is 12.7. The number of H-pyrrole nitrogens is 1. The number of amides is 1. The van der Waals surface area contributed by atoms with Gasteiger partial charge in [-0.05, 0) is 55.2 Å². The fraction of sp³-hybridized carbons (Fsp3) is 0.500. The molecular weight excluding hydrogens is 414 g/mol. The van der Waals surface area contributed by atoms with Gasteiger partial charge in [-0.15, -0.1) is 0 Å². The molecule has 31 heavy (non-hydrogen) atoms. The standard InChI is InChI=1S/C22H27N5O3S/c1-15-4-8-27(9-5-15)20-12-17(16-6-10-31(29,30)11-7-16)2-3-19(20)26-22(28)21-24-14-18(13-23)25-21/h2-3,12,14-16H,4-11H2,1H3,(H,24,25)(H,26,28). The van der Waals surface area contributed by atoms with Crippen LogP contribution in [0.25, 0.3) is 0 Å². The highest BCUT2D eigenvalue weighted by Crippen LogP contribution is 2.36. The van der Waals surface area contributed by atoms with Crippen LogP contribution in [0.4, 0.5) is 11.4 Å². The summed E-state index contributed by atoms with van der Waals surface area (Å²) >= 11 is 0. The smallest absolute Gasteiger partial charge is 0.291 e. The first-order valence-corrected chi connectivity index (χ1v) is 12.5. The van der Waals surface area contributed by atoms with Gasteiger partial charge in [-0.25, -0.2) is 13.4 Å². The molecular formula is C22H27N5O3S. The van der Waals surface area contributed by atoms with Gasteiger partial charge in [0.15, 0.2) is 5.82 Å². The molecule has 0 unspecified atom stereocenters. The number of sulfone groups is 1. The zero-order valence-electron chi connectivity index (χ0n) is 17.6. The lowest BCUT2D eigenvalue weighted by atomic mass is 9.92. The monoisotopic (exact) mass is 441 g/mol. The summed E-state index contributed by atoms with van der Waals surface area (Å²) in [5.74, 6) is 1.03. The molecule has 164 valence electrons. The van der Waals surface area contributed by atoms with E-state index in [0.29, 0.717) is 24.4 Å². The Balaban J connectivity index is 1.60. The third-order valence-corrected chi connectivity index (χ3v) is 8.05. The number of hydrogen-bond donors (Lipinski definition) is 2. The molecule has 8 nitrogen and oxygen atoms in total. The van der Waals surface area contributed by atoms with E-state index in [4.69, 9.17) is 5.26 Å². The van der Waals surface area contributed by atoms with Crippen molar-refractivity contribution in [2.24, 2.45) is 5.92 Å². The average molecular weight is 442 g/mol. The zero-order valence-corrected chi connectivity index (χ0v) is 18.4. The number of hydrogen-bond acceptors (Lipinski definition) is 6. The van der Waals surface area contributed by atoms with Crippen molar-refractivity contribution < 1.29 is 13.2 Å². The summed E-state index contributed by atoms with van der Waals surface area (Å²) in [4.78, 5) is 21.7. The average Bonchev–Trinajstić information content (AvgIpc) is 3.24. The summed E-state index contributed by atoms with van der Waals surface area (Å²) in [7, 11) is -2.92. The molecule has 2 N–H and O–H groups in total. The number of nitriles is 1. The molecule has 2 aliphatic rings. The molecule has 0 radical (unpaired) electrons. The van der Waals surface area contributed by atoms with Crippen LogP contribution in [0, 0.1) is 17.2 Å². The molecule has 1 aromatic heterocycles. The summed E-state index contributed by atoms with van der Waals surface area (Å²) in [6.45, 7) is 4.07. The van der Waals surface area contributed by atoms with Gasteiger partial charge in [0.1, 0.15) is 21.6 Å². The van der Waals surface area contributed by atoms with Crippen molar-refractivity contribution >= 4 is 27.1 Å². The van der Waals surface area contributed by atoms with Crippen LogP contribution in [-0.4, -0.2) is 48.9 Å². The molecule has 1 amide bonds. The molecule has 1 aromatic carbocycles. The normalized spacial score (nSPS) is 19.7. The Morgan fingerprint density at radius 3 is 2.58 bits per heavy atom. The SMILES string of the molecule is CC1CCN(c2cc(C3CCS(=O)(=O)CC3)ccc2NC(=O)c2ncc(C#N)[nH]2)CC1. The highest BCUT2D eigenvalue weighted by Gasteiger charge is 2.27. The number of anilines is 2. The van der Waals surface area contributed by atoms with E-state index >= 15 is 0 Å². The number of aromatic nitrogens is 2. The minimum atomic E-state index is -2.92. The second-order valence-electron chi connectivity index (χ2n) is 8.58. The Kier molecular flexibility index (Phi) is 6.01. The van der Waals surface area contributed by atoms with Crippen molar-refractivity contribution in [2.75, 3.05) is 34.8 Å². The molecule has 0 bridgehead atoms. The van der Waals surface area contributed by atoms with E-state index in [1.807, 2.05) is 18.2 Å². The lowest BCUT2D eigenvalue weighted by Crippen LogP contribution is -2.33. The van der Waals surface area contributed by atoms with Gasteiger partial charge in [0, 0.05) is 13.1 Å². The number of nitrogens with one attached hydrogen (secondary N) is 2. The van der Waals surface area contributed by atoms with Crippen LogP contribution in [-0.2, 0) is 9.84 Å². The molecule has 2 saturated heterocycles. The molecule has 0 aliphatic carbocycles. The number of aromatic amines is 1. The third-order valence-electron chi connectivity index (χ3n) is 6.33. The van der Waals surface area contributed by atoms with E-state index in [1.54, 1.807) is 0 Å². The van der Waals surface area contributed by atoms with E-state index in [0.717, 1.165) is 37.2 Å². The van der Waals surface area contributed by atoms with Gasteiger partial charge in [-0.3, -0.25) is 4.79 Å². The second-order valence-corrected chi connectivity index (χ2v) is 10.9. The van der Waals surface area contributed by atoms with E-state index < -0.39 is 15.7 Å². The first kappa shape index (κ1) is 21.4. The first-order valence-electron chi connectivity index (χ1n) is 10.7. The highest BCUT2D eigenvalue weighted by molar-refractivity contribution is 7.91. The van der Waals surface area contributed by atoms with Crippen LogP contribution < -0.4 is 10.2 Å². The first-order chi connectivity index (χ1) is 14.8. The molecule has 0 atom stereocenters. The van der Waals surface area contributed by atoms with Crippen LogP contribution in [0.1, 0.15) is 60.4 Å². The molecule has 2 aliphatic heterocycles. The fourth-order valence-electron chi connectivity index (χ4n) is 4.32. The van der Waals surface area contributed by atoms with E-state index in [9.17, 15) is 13.2 Å². The molecule has 2 fully saturated rings. The second kappa shape index (κ2) is 8.71. The number of imidazole rings is 1. The fourth-order valence-corrected chi connectivity index (χ4v) is 5.81. The Morgan fingerprint density at radius 2 is 1.94 bits per heavy atom. The van der Waals surface area contributed by atoms with Gasteiger partial charge < -0.3 is 15.2 Å². The Morgan fingerprint density at radius 1 is 1.23 bits per heavy atom. The van der Waals surface area contributed by atoms with Crippen LogP contribution in [0.15, 0.2) is 24.4 Å². The maximum Gasteiger partial charge on any atom is 0.291 e. The minimum Gasteiger partial charge on any atom is -0.370 e. The van der Waals surface area contributed by atoms with Gasteiger partial charge in [-0.1, -0.05) is 13.0 Å². The van der Waals surface area contributed by atoms with Crippen molar-refractivity contribution in [2.45, 2.75) is 38.5 Å². The number of nitrogens with zero attached hydrogens (tertiary/aromatic N) is 3. The van der Waals surface area contributed by atoms with Gasteiger partial charge >= 0.3 is 0 Å². The van der Waals surface area contributed by atoms with Crippen molar-refractivity contribution in [3.63, 3.8) is 0 Å². The summed E-state index contributed by atoms with van der Waals surface area (Å²) in [6.07, 6.45) is 4.77. The van der Waals surface area contributed by atoms with Crippen molar-refractivity contribution in [3.05, 3.63) is 41.5 Å². The minimum absolute atomic E-state index is 0.0938. The van der Waals surface area contributed by atoms with Crippen LogP contribution in [0.5, 0.6) is 0 Å². The largest absolute Gasteiger partial charge is 0.370 e. The third kappa shape index (κ3) is 4.90. The lowest BCUT2D eigenvalue weighted by molar-refractivity contribution is 0.101. The Hall–Kier alpha value is -2.86. The molecule has 9 heteroatoms. The molecule has 3 heterocycles. The van der Waals surface area contributed by atoms with Crippen molar-refractivity contribution in [1.29, 1.82) is 5.26 Å². The number of rotatable bonds is 4. The summed E-state index contributed by atoms with van der Waals surface area (Å²) in [5, 5.41) is 11.9. The highest BCUT2D eigenvalue weighted by atomic mass is 32.2. The van der Waals surface area contributed by atoms with E-state index in [1.165, 1.54) is 6.20 Å². The zero-order chi connectivity index (χ0) is 22.0. The summed E-state index contributed by atoms with van der Waals surface area (Å²) in [6, 6.07) is 7.93. The van der Waals surface area contributed by atoms with Crippen molar-refractivity contribution in [3.8, 4) is 6.07 Å². The van der Waals surface area contributed by atoms with Gasteiger partial charge in [0.05, 0.1) is 29.1 Å². The predicted octanol–water partition coefficient (Wildman–Crippen LogP) is 3.06. The van der Waals surface area contributed by atoms with E-state index in [-0.39, 0.29) is 28.9 Å². The maximum absolute atomic E-state index is 12.7. The summed E-state index contributed by atoms with van der Waals surface area (Å²) < 4.78 is 23.6. The van der Waals surface area contributed by atoms with Crippen molar-refractivity contribution in [1.82, 2.24) is 9.97 Å². The Bertz CT molecular complexity index is 1100. The van der Waals surface area contributed by atoms with Crippen LogP contribution in [0.3, 0.4) is 0 Å². The number of carbonyl (C=O) groups excluding carboxylic acids is 1. The lowest BCUT2D eigenvalue weighted by Gasteiger charge is -2.34. The number of benzene rings is 1. The van der Waals surface area contributed by atoms with Gasteiger partial charge in [0.25, 0.3) is 5.91 Å². The quantitative estimate of drug-likeness (QED) is 0.753. The van der Waals surface area contributed by atoms with Crippen LogP contribution >= 0.6 is 0 Å². The molecule has 4 rings (SSSR count). The molecule has 0 saturated carbocycles. The van der Waals surface area contributed by atoms with Crippen LogP contribution in [0.2, 0.25) is 0 Å².